The van der Waals surface area contributed by atoms with E-state index in [1.54, 1.807) is 6.07 Å². The maximum atomic E-state index is 13.2. The van der Waals surface area contributed by atoms with Crippen LogP contribution in [-0.4, -0.2) is 11.7 Å². The summed E-state index contributed by atoms with van der Waals surface area (Å²) in [5, 5.41) is 3.89. The van der Waals surface area contributed by atoms with Gasteiger partial charge in [0.2, 0.25) is 0 Å². The van der Waals surface area contributed by atoms with Gasteiger partial charge in [-0.25, -0.2) is 4.39 Å². The third-order valence-corrected chi connectivity index (χ3v) is 3.28. The molecule has 0 bridgehead atoms. The van der Waals surface area contributed by atoms with Crippen molar-refractivity contribution in [2.24, 2.45) is 0 Å². The molecule has 0 unspecified atom stereocenters. The first-order valence-electron chi connectivity index (χ1n) is 6.18. The van der Waals surface area contributed by atoms with Crippen molar-refractivity contribution in [1.29, 1.82) is 0 Å². The normalized spacial score (nSPS) is 14.7. The van der Waals surface area contributed by atoms with E-state index in [0.29, 0.717) is 6.54 Å². The lowest BCUT2D eigenvalue weighted by atomic mass is 10.0. The first kappa shape index (κ1) is 11.3. The van der Waals surface area contributed by atoms with Crippen molar-refractivity contribution in [1.82, 2.24) is 5.16 Å². The molecule has 1 aromatic carbocycles. The molecule has 0 radical (unpaired) electrons. The third kappa shape index (κ3) is 2.10. The first-order valence-corrected chi connectivity index (χ1v) is 6.18. The summed E-state index contributed by atoms with van der Waals surface area (Å²) in [6, 6.07) is 6.95. The summed E-state index contributed by atoms with van der Waals surface area (Å²) < 4.78 is 18.4. The molecule has 0 N–H and O–H groups in total. The van der Waals surface area contributed by atoms with Crippen LogP contribution in [0.5, 0.6) is 0 Å². The van der Waals surface area contributed by atoms with Crippen LogP contribution in [0.2, 0.25) is 0 Å². The number of hydrogen-bond donors (Lipinski definition) is 0. The number of anilines is 1. The van der Waals surface area contributed by atoms with Gasteiger partial charge in [-0.1, -0.05) is 5.16 Å². The molecular formula is C14H15FN2O. The molecule has 0 saturated carbocycles. The molecule has 94 valence electrons. The quantitative estimate of drug-likeness (QED) is 0.815. The lowest BCUT2D eigenvalue weighted by Crippen LogP contribution is -2.28. The SMILES string of the molecule is Cc1cc(CN2CCCc3cc(F)ccc32)on1. The molecule has 2 heterocycles. The van der Waals surface area contributed by atoms with Crippen molar-refractivity contribution in [3.8, 4) is 0 Å². The first-order chi connectivity index (χ1) is 8.72. The highest BCUT2D eigenvalue weighted by atomic mass is 19.1. The minimum Gasteiger partial charge on any atom is -0.364 e. The Kier molecular flexibility index (Phi) is 2.78. The number of halogens is 1. The summed E-state index contributed by atoms with van der Waals surface area (Å²) in [7, 11) is 0. The van der Waals surface area contributed by atoms with Crippen molar-refractivity contribution in [2.75, 3.05) is 11.4 Å². The van der Waals surface area contributed by atoms with Crippen molar-refractivity contribution < 1.29 is 8.91 Å². The van der Waals surface area contributed by atoms with E-state index in [0.717, 1.165) is 42.1 Å². The predicted octanol–water partition coefficient (Wildman–Crippen LogP) is 3.07. The zero-order chi connectivity index (χ0) is 12.5. The van der Waals surface area contributed by atoms with Crippen LogP contribution in [0.4, 0.5) is 10.1 Å². The largest absolute Gasteiger partial charge is 0.364 e. The Morgan fingerprint density at radius 3 is 3.06 bits per heavy atom. The number of aryl methyl sites for hydroxylation is 2. The molecular weight excluding hydrogens is 231 g/mol. The number of rotatable bonds is 2. The fraction of sp³-hybridized carbons (Fsp3) is 0.357. The zero-order valence-corrected chi connectivity index (χ0v) is 10.3. The molecule has 3 rings (SSSR count). The molecule has 1 aliphatic heterocycles. The zero-order valence-electron chi connectivity index (χ0n) is 10.3. The van der Waals surface area contributed by atoms with Crippen LogP contribution in [0.15, 0.2) is 28.8 Å². The second-order valence-corrected chi connectivity index (χ2v) is 4.73. The van der Waals surface area contributed by atoms with Gasteiger partial charge in [-0.2, -0.15) is 0 Å². The Hall–Kier alpha value is -1.84. The maximum Gasteiger partial charge on any atom is 0.156 e. The average molecular weight is 246 g/mol. The number of aromatic nitrogens is 1. The number of benzene rings is 1. The number of fused-ring (bicyclic) bond motifs is 1. The van der Waals surface area contributed by atoms with Gasteiger partial charge in [-0.15, -0.1) is 0 Å². The van der Waals surface area contributed by atoms with Gasteiger partial charge in [0, 0.05) is 18.3 Å². The smallest absolute Gasteiger partial charge is 0.156 e. The molecule has 0 spiro atoms. The summed E-state index contributed by atoms with van der Waals surface area (Å²) in [6.45, 7) is 3.57. The topological polar surface area (TPSA) is 29.3 Å². The molecule has 3 nitrogen and oxygen atoms in total. The van der Waals surface area contributed by atoms with Gasteiger partial charge < -0.3 is 9.42 Å². The van der Waals surface area contributed by atoms with Gasteiger partial charge in [0.25, 0.3) is 0 Å². The second kappa shape index (κ2) is 4.44. The highest BCUT2D eigenvalue weighted by Gasteiger charge is 2.18. The van der Waals surface area contributed by atoms with Crippen LogP contribution in [0.1, 0.15) is 23.4 Å². The second-order valence-electron chi connectivity index (χ2n) is 4.73. The Balaban J connectivity index is 1.87. The summed E-state index contributed by atoms with van der Waals surface area (Å²) in [5.74, 6) is 0.691. The van der Waals surface area contributed by atoms with E-state index in [4.69, 9.17) is 4.52 Å². The summed E-state index contributed by atoms with van der Waals surface area (Å²) in [5.41, 5.74) is 3.08. The van der Waals surface area contributed by atoms with Crippen molar-refractivity contribution in [3.05, 3.63) is 47.1 Å². The van der Waals surface area contributed by atoms with E-state index in [1.165, 1.54) is 6.07 Å². The predicted molar refractivity (Wildman–Crippen MR) is 67.0 cm³/mol. The molecule has 1 aromatic heterocycles. The third-order valence-electron chi connectivity index (χ3n) is 3.28. The van der Waals surface area contributed by atoms with Crippen molar-refractivity contribution >= 4 is 5.69 Å². The van der Waals surface area contributed by atoms with Gasteiger partial charge in [0.05, 0.1) is 12.2 Å². The van der Waals surface area contributed by atoms with E-state index >= 15 is 0 Å². The lowest BCUT2D eigenvalue weighted by molar-refractivity contribution is 0.376. The molecule has 0 aliphatic carbocycles. The van der Waals surface area contributed by atoms with Crippen LogP contribution in [0.3, 0.4) is 0 Å². The molecule has 18 heavy (non-hydrogen) atoms. The summed E-state index contributed by atoms with van der Waals surface area (Å²) in [4.78, 5) is 2.22. The molecule has 2 aromatic rings. The standard InChI is InChI=1S/C14H15FN2O/c1-10-7-13(18-16-10)9-17-6-2-3-11-8-12(15)4-5-14(11)17/h4-5,7-8H,2-3,6,9H2,1H3. The Labute approximate surface area is 105 Å². The lowest BCUT2D eigenvalue weighted by Gasteiger charge is -2.30. The maximum absolute atomic E-state index is 13.2. The minimum absolute atomic E-state index is 0.161. The van der Waals surface area contributed by atoms with Crippen LogP contribution in [0.25, 0.3) is 0 Å². The molecule has 0 amide bonds. The van der Waals surface area contributed by atoms with Gasteiger partial charge in [-0.3, -0.25) is 0 Å². The Morgan fingerprint density at radius 1 is 1.39 bits per heavy atom. The minimum atomic E-state index is -0.161. The fourth-order valence-electron chi connectivity index (χ4n) is 2.49. The average Bonchev–Trinajstić information content (AvgIpc) is 2.75. The molecule has 0 fully saturated rings. The molecule has 4 heteroatoms. The highest BCUT2D eigenvalue weighted by molar-refractivity contribution is 5.55. The van der Waals surface area contributed by atoms with Crippen LogP contribution < -0.4 is 4.90 Å². The summed E-state index contributed by atoms with van der Waals surface area (Å²) >= 11 is 0. The molecule has 1 aliphatic rings. The van der Waals surface area contributed by atoms with E-state index in [1.807, 2.05) is 19.1 Å². The van der Waals surface area contributed by atoms with E-state index < -0.39 is 0 Å². The van der Waals surface area contributed by atoms with Crippen LogP contribution >= 0.6 is 0 Å². The Morgan fingerprint density at radius 2 is 2.28 bits per heavy atom. The Bertz CT molecular complexity index is 565. The molecule has 0 saturated heterocycles. The number of hydrogen-bond acceptors (Lipinski definition) is 3. The van der Waals surface area contributed by atoms with Crippen molar-refractivity contribution in [2.45, 2.75) is 26.3 Å². The van der Waals surface area contributed by atoms with Crippen LogP contribution in [0, 0.1) is 12.7 Å². The number of nitrogens with zero attached hydrogens (tertiary/aromatic N) is 2. The molecule has 0 atom stereocenters. The van der Waals surface area contributed by atoms with Gasteiger partial charge in [0.15, 0.2) is 5.76 Å². The van der Waals surface area contributed by atoms with E-state index in [-0.39, 0.29) is 5.82 Å². The van der Waals surface area contributed by atoms with Crippen molar-refractivity contribution in [3.63, 3.8) is 0 Å². The summed E-state index contributed by atoms with van der Waals surface area (Å²) in [6.07, 6.45) is 1.99. The van der Waals surface area contributed by atoms with Crippen LogP contribution in [-0.2, 0) is 13.0 Å². The van der Waals surface area contributed by atoms with Gasteiger partial charge >= 0.3 is 0 Å². The van der Waals surface area contributed by atoms with Gasteiger partial charge in [-0.05, 0) is 43.5 Å². The van der Waals surface area contributed by atoms with Gasteiger partial charge in [0.1, 0.15) is 5.82 Å². The fourth-order valence-corrected chi connectivity index (χ4v) is 2.49. The monoisotopic (exact) mass is 246 g/mol. The van der Waals surface area contributed by atoms with E-state index in [9.17, 15) is 4.39 Å². The van der Waals surface area contributed by atoms with E-state index in [2.05, 4.69) is 10.1 Å². The highest BCUT2D eigenvalue weighted by Crippen LogP contribution is 2.29.